The SMILES string of the molecule is Nc1ccccc1C(=O)OCC(CO)(CO)CO.Nc1ccccc1C(=O)OCC(CO)(CO)COC(=O)c1ccccc1N.Nc1ccccc1C(=O)OCC(CO)(COC(=O)c1ccccc1N)COC(=O)c1ccccc1N.Nc1ccccc1C(=O)OCC(COC(=O)c1ccccc1N)(COC(=O)c1ccccc1N)COC(=O)c1ccccc1N. The fraction of sp³-hybridized carbons (Fsp3) is 0.222. The number of aliphatic hydroxyl groups is 6. The van der Waals surface area contributed by atoms with E-state index in [1.54, 1.807) is 140 Å². The molecule has 0 saturated heterocycles. The van der Waals surface area contributed by atoms with E-state index < -0.39 is 167 Å². The summed E-state index contributed by atoms with van der Waals surface area (Å²) in [6.45, 7) is -7.79. The monoisotopic (exact) mass is 1730 g/mol. The summed E-state index contributed by atoms with van der Waals surface area (Å²) in [6, 6.07) is 62.9. The van der Waals surface area contributed by atoms with Crippen molar-refractivity contribution < 1.29 is 126 Å². The number of rotatable bonds is 36. The smallest absolute Gasteiger partial charge is 0.340 e. The van der Waals surface area contributed by atoms with Crippen molar-refractivity contribution in [3.05, 3.63) is 298 Å². The number of para-hydroxylation sites is 10. The Morgan fingerprint density at radius 3 is 0.389 bits per heavy atom. The van der Waals surface area contributed by atoms with Crippen molar-refractivity contribution in [2.75, 3.05) is 163 Å². The highest BCUT2D eigenvalue weighted by Crippen LogP contribution is 2.30. The minimum absolute atomic E-state index is 0.0727. The third-order valence-corrected chi connectivity index (χ3v) is 18.9. The van der Waals surface area contributed by atoms with E-state index in [2.05, 4.69) is 0 Å². The van der Waals surface area contributed by atoms with Crippen LogP contribution in [-0.2, 0) is 47.4 Å². The number of anilines is 10. The molecule has 36 heteroatoms. The van der Waals surface area contributed by atoms with Crippen molar-refractivity contribution in [3.63, 3.8) is 0 Å². The number of aliphatic hydroxyl groups excluding tert-OH is 6. The molecule has 0 aliphatic rings. The molecule has 0 spiro atoms. The molecule has 0 saturated carbocycles. The van der Waals surface area contributed by atoms with E-state index in [4.69, 9.17) is 120 Å². The summed E-state index contributed by atoms with van der Waals surface area (Å²) in [7, 11) is 0. The van der Waals surface area contributed by atoms with Crippen molar-refractivity contribution in [2.45, 2.75) is 0 Å². The van der Waals surface area contributed by atoms with Gasteiger partial charge in [0.15, 0.2) is 0 Å². The van der Waals surface area contributed by atoms with Crippen LogP contribution in [0.15, 0.2) is 243 Å². The van der Waals surface area contributed by atoms with Gasteiger partial charge in [-0.15, -0.1) is 0 Å². The van der Waals surface area contributed by atoms with Crippen LogP contribution in [0.2, 0.25) is 0 Å². The Kier molecular flexibility index (Phi) is 37.1. The molecule has 664 valence electrons. The van der Waals surface area contributed by atoms with Crippen LogP contribution in [0.3, 0.4) is 0 Å². The number of carbonyl (C=O) groups is 10. The zero-order valence-electron chi connectivity index (χ0n) is 68.0. The topological polar surface area (TPSA) is 645 Å². The van der Waals surface area contributed by atoms with Crippen LogP contribution < -0.4 is 57.3 Å². The van der Waals surface area contributed by atoms with Gasteiger partial charge in [-0.05, 0) is 121 Å². The largest absolute Gasteiger partial charge is 0.461 e. The van der Waals surface area contributed by atoms with Crippen LogP contribution in [-0.4, -0.2) is 196 Å². The predicted molar refractivity (Wildman–Crippen MR) is 464 cm³/mol. The first-order valence-corrected chi connectivity index (χ1v) is 38.2. The molecule has 0 fully saturated rings. The number of nitrogen functional groups attached to an aromatic ring is 10. The Labute approximate surface area is 722 Å². The molecule has 0 aliphatic carbocycles. The number of nitrogens with two attached hydrogens (primary N) is 10. The highest BCUT2D eigenvalue weighted by molar-refractivity contribution is 6.00. The van der Waals surface area contributed by atoms with Crippen LogP contribution in [0.4, 0.5) is 56.9 Å². The van der Waals surface area contributed by atoms with Crippen LogP contribution >= 0.6 is 0 Å². The van der Waals surface area contributed by atoms with Crippen molar-refractivity contribution in [3.8, 4) is 0 Å². The van der Waals surface area contributed by atoms with E-state index in [1.165, 1.54) is 103 Å². The molecular formula is C90H98N10O26. The number of carbonyl (C=O) groups excluding carboxylic acids is 10. The van der Waals surface area contributed by atoms with Gasteiger partial charge in [-0.1, -0.05) is 121 Å². The van der Waals surface area contributed by atoms with Gasteiger partial charge < -0.3 is 135 Å². The maximum atomic E-state index is 13.0. The van der Waals surface area contributed by atoms with E-state index >= 15 is 0 Å². The van der Waals surface area contributed by atoms with E-state index in [0.717, 1.165) is 0 Å². The van der Waals surface area contributed by atoms with Crippen LogP contribution in [0.5, 0.6) is 0 Å². The molecule has 10 aromatic rings. The van der Waals surface area contributed by atoms with Gasteiger partial charge in [-0.2, -0.15) is 0 Å². The molecule has 0 unspecified atom stereocenters. The standard InChI is InChI=1S/C33H32N4O8.C26H27N3O7.C19H22N2O6.C12H17NO5/c34-25-13-5-1-9-21(25)29(38)42-17-33(18-43-30(39)22-10-2-6-14-26(22)35,19-44-31(40)23-11-3-7-15-27(23)36)20-45-32(41)24-12-4-8-16-28(24)37;27-20-10-4-1-7-17(20)23(31)34-14-26(13-30,15-35-24(32)18-8-2-5-11-21(18)28)16-36-25(33)19-9-3-6-12-22(19)29;20-15-7-3-1-5-13(15)17(24)26-11-19(9-22,10-23)12-27-18(25)14-6-2-4-8-16(14)21;13-10-4-2-1-3-9(10)11(17)18-8-12(5-14,6-15)7-16/h1-16H,17-20,34-37H2;1-12,30H,13-16,27-29H2;1-8,22-23H,9-12,20-21H2;1-4,14-16H,5-8,13H2. The van der Waals surface area contributed by atoms with Crippen LogP contribution in [0.25, 0.3) is 0 Å². The highest BCUT2D eigenvalue weighted by atomic mass is 16.6. The molecule has 10 rings (SSSR count). The first-order valence-electron chi connectivity index (χ1n) is 38.2. The van der Waals surface area contributed by atoms with E-state index in [-0.39, 0.29) is 132 Å². The molecule has 0 bridgehead atoms. The molecule has 26 N–H and O–H groups in total. The lowest BCUT2D eigenvalue weighted by molar-refractivity contribution is -0.0645. The quantitative estimate of drug-likeness (QED) is 0.0117. The van der Waals surface area contributed by atoms with Gasteiger partial charge in [0.25, 0.3) is 0 Å². The summed E-state index contributed by atoms with van der Waals surface area (Å²) in [5.74, 6) is -7.61. The summed E-state index contributed by atoms with van der Waals surface area (Å²) in [5, 5.41) is 56.8. The minimum atomic E-state index is -1.61. The molecule has 0 amide bonds. The van der Waals surface area contributed by atoms with Crippen LogP contribution in [0.1, 0.15) is 104 Å². The second-order valence-electron chi connectivity index (χ2n) is 28.6. The second kappa shape index (κ2) is 47.8. The summed E-state index contributed by atoms with van der Waals surface area (Å²) >= 11 is 0. The molecule has 126 heavy (non-hydrogen) atoms. The molecule has 0 heterocycles. The Morgan fingerprint density at radius 2 is 0.270 bits per heavy atom. The summed E-state index contributed by atoms with van der Waals surface area (Å²) < 4.78 is 53.8. The zero-order chi connectivity index (χ0) is 92.0. The molecule has 0 aliphatic heterocycles. The lowest BCUT2D eigenvalue weighted by Crippen LogP contribution is -2.44. The number of ether oxygens (including phenoxy) is 10. The lowest BCUT2D eigenvalue weighted by Gasteiger charge is -2.31. The van der Waals surface area contributed by atoms with Gasteiger partial charge >= 0.3 is 59.7 Å². The number of hydrogen-bond donors (Lipinski definition) is 16. The Hall–Kier alpha value is -15.3. The lowest BCUT2D eigenvalue weighted by atomic mass is 9.91. The average Bonchev–Trinajstić information content (AvgIpc) is 0.824. The fourth-order valence-electron chi connectivity index (χ4n) is 10.9. The third-order valence-electron chi connectivity index (χ3n) is 18.9. The van der Waals surface area contributed by atoms with E-state index in [1.807, 2.05) is 0 Å². The molecule has 0 atom stereocenters. The summed E-state index contributed by atoms with van der Waals surface area (Å²) in [4.78, 5) is 126. The third kappa shape index (κ3) is 27.8. The van der Waals surface area contributed by atoms with Crippen LogP contribution in [0, 0.1) is 21.7 Å². The second-order valence-corrected chi connectivity index (χ2v) is 28.6. The first kappa shape index (κ1) is 97.8. The number of hydrogen-bond acceptors (Lipinski definition) is 36. The summed E-state index contributed by atoms with van der Waals surface area (Å²) in [6.07, 6.45) is 0. The van der Waals surface area contributed by atoms with Crippen molar-refractivity contribution >= 4 is 117 Å². The maximum Gasteiger partial charge on any atom is 0.340 e. The number of esters is 10. The van der Waals surface area contributed by atoms with Gasteiger partial charge in [0.05, 0.1) is 112 Å². The van der Waals surface area contributed by atoms with Gasteiger partial charge in [0, 0.05) is 56.9 Å². The van der Waals surface area contributed by atoms with Crippen molar-refractivity contribution in [2.24, 2.45) is 21.7 Å². The Bertz CT molecular complexity index is 4920. The molecule has 0 radical (unpaired) electrons. The molecule has 36 nitrogen and oxygen atoms in total. The zero-order valence-corrected chi connectivity index (χ0v) is 68.0. The van der Waals surface area contributed by atoms with Gasteiger partial charge in [-0.25, -0.2) is 47.9 Å². The first-order chi connectivity index (χ1) is 60.4. The van der Waals surface area contributed by atoms with Crippen molar-refractivity contribution in [1.29, 1.82) is 0 Å². The van der Waals surface area contributed by atoms with Gasteiger partial charge in [0.1, 0.15) is 71.5 Å². The Balaban J connectivity index is 0.000000242. The number of benzene rings is 10. The molecular weight excluding hydrogens is 1640 g/mol. The van der Waals surface area contributed by atoms with Crippen molar-refractivity contribution in [1.82, 2.24) is 0 Å². The van der Waals surface area contributed by atoms with E-state index in [0.29, 0.717) is 0 Å². The Morgan fingerprint density at radius 1 is 0.167 bits per heavy atom. The maximum absolute atomic E-state index is 13.0. The summed E-state index contributed by atoms with van der Waals surface area (Å²) in [5.41, 5.74) is 55.9. The van der Waals surface area contributed by atoms with Gasteiger partial charge in [0.2, 0.25) is 0 Å². The fourth-order valence-corrected chi connectivity index (χ4v) is 10.9. The predicted octanol–water partition coefficient (Wildman–Crippen LogP) is 6.24. The highest BCUT2D eigenvalue weighted by Gasteiger charge is 2.41. The normalized spacial score (nSPS) is 11.0. The van der Waals surface area contributed by atoms with E-state index in [9.17, 15) is 63.3 Å². The average molecular weight is 1740 g/mol. The minimum Gasteiger partial charge on any atom is -0.461 e. The molecule has 10 aromatic carbocycles. The molecule has 0 aromatic heterocycles. The van der Waals surface area contributed by atoms with Gasteiger partial charge in [-0.3, -0.25) is 0 Å².